The highest BCUT2D eigenvalue weighted by Gasteiger charge is 2.43. The summed E-state index contributed by atoms with van der Waals surface area (Å²) in [4.78, 5) is 0. The van der Waals surface area contributed by atoms with E-state index in [4.69, 9.17) is 10.5 Å². The third-order valence-corrected chi connectivity index (χ3v) is 4.66. The Morgan fingerprint density at radius 1 is 1.40 bits per heavy atom. The van der Waals surface area contributed by atoms with E-state index in [2.05, 4.69) is 49.6 Å². The van der Waals surface area contributed by atoms with Crippen molar-refractivity contribution in [1.82, 2.24) is 4.57 Å². The van der Waals surface area contributed by atoms with Crippen molar-refractivity contribution >= 4 is 10.9 Å². The molecule has 20 heavy (non-hydrogen) atoms. The van der Waals surface area contributed by atoms with Gasteiger partial charge in [-0.25, -0.2) is 0 Å². The first kappa shape index (κ1) is 13.7. The van der Waals surface area contributed by atoms with Gasteiger partial charge >= 0.3 is 0 Å². The number of hydrogen-bond acceptors (Lipinski definition) is 2. The summed E-state index contributed by atoms with van der Waals surface area (Å²) in [5.74, 6) is 0. The van der Waals surface area contributed by atoms with Gasteiger partial charge in [0.25, 0.3) is 0 Å². The van der Waals surface area contributed by atoms with Crippen molar-refractivity contribution < 1.29 is 4.74 Å². The van der Waals surface area contributed by atoms with E-state index in [-0.39, 0.29) is 11.6 Å². The monoisotopic (exact) mass is 272 g/mol. The molecule has 0 saturated carbocycles. The van der Waals surface area contributed by atoms with Crippen LogP contribution in [0.5, 0.6) is 0 Å². The van der Waals surface area contributed by atoms with Crippen molar-refractivity contribution in [3.8, 4) is 0 Å². The minimum absolute atomic E-state index is 0.00971. The summed E-state index contributed by atoms with van der Waals surface area (Å²) >= 11 is 0. The van der Waals surface area contributed by atoms with E-state index in [9.17, 15) is 0 Å². The van der Waals surface area contributed by atoms with Gasteiger partial charge in [-0.15, -0.1) is 0 Å². The number of aromatic nitrogens is 1. The molecular formula is C17H24N2O. The standard InChI is InChI=1S/C17H24N2O/c1-4-9-17(13(3)18)16-12(2)14-7-5-6-8-15(14)19(16)10-11-20-17/h5-8,13H,4,9-11,18H2,1-3H3. The molecule has 3 nitrogen and oxygen atoms in total. The van der Waals surface area contributed by atoms with Crippen molar-refractivity contribution in [2.24, 2.45) is 5.73 Å². The molecule has 2 N–H and O–H groups in total. The molecule has 1 aromatic heterocycles. The van der Waals surface area contributed by atoms with E-state index >= 15 is 0 Å². The van der Waals surface area contributed by atoms with E-state index < -0.39 is 0 Å². The first-order valence-electron chi connectivity index (χ1n) is 7.59. The van der Waals surface area contributed by atoms with Gasteiger partial charge in [0.15, 0.2) is 0 Å². The van der Waals surface area contributed by atoms with E-state index in [0.717, 1.165) is 26.0 Å². The molecule has 2 unspecified atom stereocenters. The van der Waals surface area contributed by atoms with Gasteiger partial charge in [0.05, 0.1) is 12.3 Å². The number of aryl methyl sites for hydroxylation is 1. The molecule has 0 amide bonds. The lowest BCUT2D eigenvalue weighted by Crippen LogP contribution is -2.50. The van der Waals surface area contributed by atoms with Crippen molar-refractivity contribution in [2.45, 2.75) is 51.8 Å². The molecule has 0 bridgehead atoms. The van der Waals surface area contributed by atoms with Gasteiger partial charge in [0, 0.05) is 23.5 Å². The second kappa shape index (κ2) is 4.90. The zero-order chi connectivity index (χ0) is 14.3. The quantitative estimate of drug-likeness (QED) is 0.931. The lowest BCUT2D eigenvalue weighted by Gasteiger charge is -2.42. The van der Waals surface area contributed by atoms with Crippen LogP contribution in [0.1, 0.15) is 37.9 Å². The molecule has 2 heterocycles. The molecule has 3 rings (SSSR count). The molecule has 0 radical (unpaired) electrons. The SMILES string of the molecule is CCCC1(C(C)N)OCCn2c1c(C)c1ccccc12. The van der Waals surface area contributed by atoms with Gasteiger partial charge < -0.3 is 15.0 Å². The fraction of sp³-hybridized carbons (Fsp3) is 0.529. The summed E-state index contributed by atoms with van der Waals surface area (Å²) in [6.45, 7) is 8.14. The molecule has 0 aliphatic carbocycles. The fourth-order valence-corrected chi connectivity index (χ4v) is 3.78. The Bertz CT molecular complexity index is 629. The third kappa shape index (κ3) is 1.73. The Balaban J connectivity index is 2.31. The fourth-order valence-electron chi connectivity index (χ4n) is 3.78. The third-order valence-electron chi connectivity index (χ3n) is 4.66. The Labute approximate surface area is 120 Å². The number of fused-ring (bicyclic) bond motifs is 3. The number of benzene rings is 1. The van der Waals surface area contributed by atoms with Gasteiger partial charge in [-0.1, -0.05) is 31.5 Å². The minimum atomic E-state index is -0.337. The molecule has 3 heteroatoms. The number of ether oxygens (including phenoxy) is 1. The van der Waals surface area contributed by atoms with Crippen LogP contribution in [0.15, 0.2) is 24.3 Å². The maximum absolute atomic E-state index is 6.36. The van der Waals surface area contributed by atoms with Crippen LogP contribution in [0.2, 0.25) is 0 Å². The van der Waals surface area contributed by atoms with Crippen LogP contribution in [0.3, 0.4) is 0 Å². The molecular weight excluding hydrogens is 248 g/mol. The first-order valence-corrected chi connectivity index (χ1v) is 7.59. The van der Waals surface area contributed by atoms with Crippen molar-refractivity contribution in [3.05, 3.63) is 35.5 Å². The number of nitrogens with zero attached hydrogens (tertiary/aromatic N) is 1. The predicted octanol–water partition coefficient (Wildman–Crippen LogP) is 3.32. The lowest BCUT2D eigenvalue weighted by molar-refractivity contribution is -0.0969. The highest BCUT2D eigenvalue weighted by atomic mass is 16.5. The van der Waals surface area contributed by atoms with Crippen molar-refractivity contribution in [2.75, 3.05) is 6.61 Å². The Kier molecular flexibility index (Phi) is 3.35. The number of nitrogens with two attached hydrogens (primary N) is 1. The molecule has 0 saturated heterocycles. The maximum atomic E-state index is 6.36. The summed E-state index contributed by atoms with van der Waals surface area (Å²) < 4.78 is 8.68. The Morgan fingerprint density at radius 3 is 2.85 bits per heavy atom. The average molecular weight is 272 g/mol. The highest BCUT2D eigenvalue weighted by molar-refractivity contribution is 5.85. The predicted molar refractivity (Wildman–Crippen MR) is 82.9 cm³/mol. The second-order valence-electron chi connectivity index (χ2n) is 5.92. The lowest BCUT2D eigenvalue weighted by atomic mass is 9.84. The largest absolute Gasteiger partial charge is 0.365 e. The van der Waals surface area contributed by atoms with Crippen LogP contribution >= 0.6 is 0 Å². The van der Waals surface area contributed by atoms with Crippen molar-refractivity contribution in [3.63, 3.8) is 0 Å². The van der Waals surface area contributed by atoms with Gasteiger partial charge in [0.1, 0.15) is 5.60 Å². The maximum Gasteiger partial charge on any atom is 0.123 e. The van der Waals surface area contributed by atoms with Gasteiger partial charge in [-0.3, -0.25) is 0 Å². The topological polar surface area (TPSA) is 40.2 Å². The van der Waals surface area contributed by atoms with Crippen molar-refractivity contribution in [1.29, 1.82) is 0 Å². The Morgan fingerprint density at radius 2 is 2.15 bits per heavy atom. The van der Waals surface area contributed by atoms with Crippen LogP contribution in [-0.4, -0.2) is 17.2 Å². The second-order valence-corrected chi connectivity index (χ2v) is 5.92. The van der Waals surface area contributed by atoms with Crippen LogP contribution in [0.25, 0.3) is 10.9 Å². The summed E-state index contributed by atoms with van der Waals surface area (Å²) in [6.07, 6.45) is 2.05. The summed E-state index contributed by atoms with van der Waals surface area (Å²) in [6, 6.07) is 8.61. The van der Waals surface area contributed by atoms with Crippen LogP contribution in [0, 0.1) is 6.92 Å². The van der Waals surface area contributed by atoms with Gasteiger partial charge in [-0.05, 0) is 31.9 Å². The summed E-state index contributed by atoms with van der Waals surface area (Å²) in [7, 11) is 0. The van der Waals surface area contributed by atoms with Gasteiger partial charge in [0.2, 0.25) is 0 Å². The number of hydrogen-bond donors (Lipinski definition) is 1. The zero-order valence-electron chi connectivity index (χ0n) is 12.6. The highest BCUT2D eigenvalue weighted by Crippen LogP contribution is 2.42. The molecule has 1 aliphatic heterocycles. The molecule has 2 aromatic rings. The smallest absolute Gasteiger partial charge is 0.123 e. The van der Waals surface area contributed by atoms with E-state index in [1.54, 1.807) is 0 Å². The minimum Gasteiger partial charge on any atom is -0.365 e. The molecule has 108 valence electrons. The summed E-state index contributed by atoms with van der Waals surface area (Å²) in [5, 5.41) is 1.33. The van der Waals surface area contributed by atoms with E-state index in [1.807, 2.05) is 0 Å². The molecule has 2 atom stereocenters. The summed E-state index contributed by atoms with van der Waals surface area (Å²) in [5.41, 5.74) is 9.95. The normalized spacial score (nSPS) is 23.8. The van der Waals surface area contributed by atoms with Crippen LogP contribution in [0.4, 0.5) is 0 Å². The van der Waals surface area contributed by atoms with Crippen LogP contribution in [-0.2, 0) is 16.9 Å². The van der Waals surface area contributed by atoms with Gasteiger partial charge in [-0.2, -0.15) is 0 Å². The first-order chi connectivity index (χ1) is 9.62. The molecule has 0 fully saturated rings. The molecule has 1 aromatic carbocycles. The van der Waals surface area contributed by atoms with E-state index in [0.29, 0.717) is 0 Å². The Hall–Kier alpha value is -1.32. The number of rotatable bonds is 3. The van der Waals surface area contributed by atoms with Crippen LogP contribution < -0.4 is 5.73 Å². The number of para-hydroxylation sites is 1. The zero-order valence-corrected chi connectivity index (χ0v) is 12.6. The average Bonchev–Trinajstić information content (AvgIpc) is 2.74. The van der Waals surface area contributed by atoms with E-state index in [1.165, 1.54) is 22.2 Å². The molecule has 0 spiro atoms. The molecule has 1 aliphatic rings.